The Morgan fingerprint density at radius 2 is 1.73 bits per heavy atom. The molecule has 150 valence electrons. The van der Waals surface area contributed by atoms with Crippen LogP contribution in [-0.4, -0.2) is 22.3 Å². The summed E-state index contributed by atoms with van der Waals surface area (Å²) < 4.78 is 6.58. The number of rotatable bonds is 6. The highest BCUT2D eigenvalue weighted by Gasteiger charge is 2.10. The predicted molar refractivity (Wildman–Crippen MR) is 118 cm³/mol. The molecule has 0 spiro atoms. The van der Waals surface area contributed by atoms with E-state index in [0.717, 1.165) is 22.1 Å². The van der Waals surface area contributed by atoms with Crippen LogP contribution in [0.5, 0.6) is 5.75 Å². The van der Waals surface area contributed by atoms with Crippen molar-refractivity contribution >= 4 is 22.4 Å². The third-order valence-corrected chi connectivity index (χ3v) is 4.67. The Kier molecular flexibility index (Phi) is 5.57. The van der Waals surface area contributed by atoms with Crippen LogP contribution in [0.3, 0.4) is 0 Å². The molecule has 0 fully saturated rings. The molecule has 0 atom stereocenters. The minimum atomic E-state index is -0.333. The van der Waals surface area contributed by atoms with Crippen molar-refractivity contribution in [1.29, 1.82) is 0 Å². The molecule has 30 heavy (non-hydrogen) atoms. The van der Waals surface area contributed by atoms with Crippen LogP contribution >= 0.6 is 0 Å². The summed E-state index contributed by atoms with van der Waals surface area (Å²) in [5, 5.41) is 9.34. The maximum Gasteiger partial charge on any atom is 0.267 e. The lowest BCUT2D eigenvalue weighted by atomic mass is 10.0. The molecule has 0 aliphatic carbocycles. The lowest BCUT2D eigenvalue weighted by Gasteiger charge is -2.10. The minimum absolute atomic E-state index is 0.176. The fraction of sp³-hybridized carbons (Fsp3) is 0.125. The number of ether oxygens (including phenoxy) is 1. The van der Waals surface area contributed by atoms with Crippen molar-refractivity contribution in [2.45, 2.75) is 13.5 Å². The van der Waals surface area contributed by atoms with Crippen molar-refractivity contribution in [2.24, 2.45) is 0 Å². The standard InChI is InChI=1S/C24H21N3O3/c1-2-30-19-12-10-18(11-13-19)25-23(28)16-27-24(29)15-14-22(26-27)21-9-5-7-17-6-3-4-8-20(17)21/h3-15H,2,16H2,1H3,(H,25,28). The molecule has 0 bridgehead atoms. The number of anilines is 1. The number of carbonyl (C=O) groups is 1. The number of hydrogen-bond donors (Lipinski definition) is 1. The molecule has 1 N–H and O–H groups in total. The fourth-order valence-electron chi connectivity index (χ4n) is 3.29. The fourth-order valence-corrected chi connectivity index (χ4v) is 3.29. The van der Waals surface area contributed by atoms with E-state index in [1.807, 2.05) is 49.4 Å². The van der Waals surface area contributed by atoms with E-state index in [1.165, 1.54) is 10.7 Å². The first-order valence-electron chi connectivity index (χ1n) is 9.73. The Morgan fingerprint density at radius 3 is 2.53 bits per heavy atom. The van der Waals surface area contributed by atoms with Gasteiger partial charge in [0, 0.05) is 17.3 Å². The molecule has 4 aromatic rings. The lowest BCUT2D eigenvalue weighted by molar-refractivity contribution is -0.117. The second-order valence-electron chi connectivity index (χ2n) is 6.75. The Balaban J connectivity index is 1.56. The van der Waals surface area contributed by atoms with Crippen molar-refractivity contribution in [2.75, 3.05) is 11.9 Å². The van der Waals surface area contributed by atoms with Gasteiger partial charge in [-0.25, -0.2) is 4.68 Å². The van der Waals surface area contributed by atoms with Crippen LogP contribution in [-0.2, 0) is 11.3 Å². The molecular formula is C24H21N3O3. The van der Waals surface area contributed by atoms with Crippen molar-refractivity contribution in [3.63, 3.8) is 0 Å². The van der Waals surface area contributed by atoms with Gasteiger partial charge in [0.05, 0.1) is 12.3 Å². The molecular weight excluding hydrogens is 378 g/mol. The average molecular weight is 399 g/mol. The number of nitrogens with zero attached hydrogens (tertiary/aromatic N) is 2. The molecule has 6 heteroatoms. The normalized spacial score (nSPS) is 10.7. The summed E-state index contributed by atoms with van der Waals surface area (Å²) in [6, 6.07) is 24.1. The van der Waals surface area contributed by atoms with Gasteiger partial charge in [0.25, 0.3) is 5.56 Å². The minimum Gasteiger partial charge on any atom is -0.494 e. The first kappa shape index (κ1) is 19.4. The van der Waals surface area contributed by atoms with Gasteiger partial charge in [0.15, 0.2) is 0 Å². The SMILES string of the molecule is CCOc1ccc(NC(=O)Cn2nc(-c3cccc4ccccc34)ccc2=O)cc1. The van der Waals surface area contributed by atoms with E-state index in [1.54, 1.807) is 30.3 Å². The summed E-state index contributed by atoms with van der Waals surface area (Å²) >= 11 is 0. The topological polar surface area (TPSA) is 73.2 Å². The third-order valence-electron chi connectivity index (χ3n) is 4.67. The second-order valence-corrected chi connectivity index (χ2v) is 6.75. The number of hydrogen-bond acceptors (Lipinski definition) is 4. The lowest BCUT2D eigenvalue weighted by Crippen LogP contribution is -2.29. The van der Waals surface area contributed by atoms with E-state index >= 15 is 0 Å². The van der Waals surface area contributed by atoms with Crippen LogP contribution in [0.4, 0.5) is 5.69 Å². The van der Waals surface area contributed by atoms with Gasteiger partial charge in [0.2, 0.25) is 5.91 Å². The highest BCUT2D eigenvalue weighted by atomic mass is 16.5. The number of amides is 1. The molecule has 0 radical (unpaired) electrons. The highest BCUT2D eigenvalue weighted by Crippen LogP contribution is 2.26. The number of nitrogens with one attached hydrogen (secondary N) is 1. The Bertz CT molecular complexity index is 1240. The molecule has 4 rings (SSSR count). The summed E-state index contributed by atoms with van der Waals surface area (Å²) in [7, 11) is 0. The van der Waals surface area contributed by atoms with Gasteiger partial charge in [-0.2, -0.15) is 5.10 Å². The first-order chi connectivity index (χ1) is 14.6. The number of benzene rings is 3. The summed E-state index contributed by atoms with van der Waals surface area (Å²) in [6.07, 6.45) is 0. The van der Waals surface area contributed by atoms with Crippen molar-refractivity contribution < 1.29 is 9.53 Å². The van der Waals surface area contributed by atoms with Crippen molar-refractivity contribution in [3.05, 3.63) is 89.2 Å². The Hall–Kier alpha value is -3.93. The zero-order chi connectivity index (χ0) is 20.9. The van der Waals surface area contributed by atoms with Gasteiger partial charge >= 0.3 is 0 Å². The van der Waals surface area contributed by atoms with Gasteiger partial charge in [-0.3, -0.25) is 9.59 Å². The third kappa shape index (κ3) is 4.22. The molecule has 0 aliphatic rings. The number of fused-ring (bicyclic) bond motifs is 1. The van der Waals surface area contributed by atoms with Gasteiger partial charge in [-0.1, -0.05) is 42.5 Å². The maximum atomic E-state index is 12.5. The van der Waals surface area contributed by atoms with Crippen molar-refractivity contribution in [1.82, 2.24) is 9.78 Å². The van der Waals surface area contributed by atoms with Gasteiger partial charge in [-0.15, -0.1) is 0 Å². The van der Waals surface area contributed by atoms with E-state index in [0.29, 0.717) is 18.0 Å². The Morgan fingerprint density at radius 1 is 0.967 bits per heavy atom. The van der Waals surface area contributed by atoms with Crippen LogP contribution in [0, 0.1) is 0 Å². The van der Waals surface area contributed by atoms with E-state index < -0.39 is 0 Å². The first-order valence-corrected chi connectivity index (χ1v) is 9.73. The largest absolute Gasteiger partial charge is 0.494 e. The second kappa shape index (κ2) is 8.61. The number of carbonyl (C=O) groups excluding carboxylic acids is 1. The van der Waals surface area contributed by atoms with E-state index in [4.69, 9.17) is 4.74 Å². The highest BCUT2D eigenvalue weighted by molar-refractivity contribution is 5.95. The molecule has 1 aromatic heterocycles. The monoisotopic (exact) mass is 399 g/mol. The number of aromatic nitrogens is 2. The predicted octanol–water partition coefficient (Wildman–Crippen LogP) is 4.10. The molecule has 0 saturated heterocycles. The zero-order valence-electron chi connectivity index (χ0n) is 16.5. The smallest absolute Gasteiger partial charge is 0.267 e. The van der Waals surface area contributed by atoms with E-state index in [9.17, 15) is 9.59 Å². The summed E-state index contributed by atoms with van der Waals surface area (Å²) in [5.41, 5.74) is 1.84. The van der Waals surface area contributed by atoms with Crippen LogP contribution in [0.25, 0.3) is 22.0 Å². The van der Waals surface area contributed by atoms with Gasteiger partial charge in [0.1, 0.15) is 12.3 Å². The zero-order valence-corrected chi connectivity index (χ0v) is 16.5. The summed E-state index contributed by atoms with van der Waals surface area (Å²) in [5.74, 6) is 0.403. The maximum absolute atomic E-state index is 12.5. The summed E-state index contributed by atoms with van der Waals surface area (Å²) in [4.78, 5) is 24.7. The molecule has 0 unspecified atom stereocenters. The van der Waals surface area contributed by atoms with Crippen LogP contribution in [0.2, 0.25) is 0 Å². The van der Waals surface area contributed by atoms with Crippen LogP contribution in [0.1, 0.15) is 6.92 Å². The average Bonchev–Trinajstić information content (AvgIpc) is 2.76. The van der Waals surface area contributed by atoms with Crippen LogP contribution in [0.15, 0.2) is 83.7 Å². The molecule has 1 heterocycles. The van der Waals surface area contributed by atoms with E-state index in [2.05, 4.69) is 10.4 Å². The Labute approximate surface area is 173 Å². The van der Waals surface area contributed by atoms with Gasteiger partial charge < -0.3 is 10.1 Å². The quantitative estimate of drug-likeness (QED) is 0.530. The van der Waals surface area contributed by atoms with E-state index in [-0.39, 0.29) is 18.0 Å². The molecule has 3 aromatic carbocycles. The van der Waals surface area contributed by atoms with Crippen LogP contribution < -0.4 is 15.6 Å². The summed E-state index contributed by atoms with van der Waals surface area (Å²) in [6.45, 7) is 2.31. The van der Waals surface area contributed by atoms with Crippen molar-refractivity contribution in [3.8, 4) is 17.0 Å². The molecule has 0 aliphatic heterocycles. The van der Waals surface area contributed by atoms with Gasteiger partial charge in [-0.05, 0) is 48.0 Å². The molecule has 0 saturated carbocycles. The molecule has 6 nitrogen and oxygen atoms in total. The molecule has 1 amide bonds.